The number of hydrogen-bond donors (Lipinski definition) is 1. The molecule has 1 fully saturated rings. The van der Waals surface area contributed by atoms with Gasteiger partial charge in [0.15, 0.2) is 0 Å². The molecule has 1 saturated heterocycles. The van der Waals surface area contributed by atoms with Crippen LogP contribution >= 0.6 is 0 Å². The highest BCUT2D eigenvalue weighted by Crippen LogP contribution is 2.26. The van der Waals surface area contributed by atoms with Crippen molar-refractivity contribution in [1.29, 1.82) is 0 Å². The number of rotatable bonds is 2. The van der Waals surface area contributed by atoms with Crippen molar-refractivity contribution in [2.24, 2.45) is 5.73 Å². The first-order valence-corrected chi connectivity index (χ1v) is 7.03. The van der Waals surface area contributed by atoms with Crippen LogP contribution in [0.25, 0.3) is 0 Å². The van der Waals surface area contributed by atoms with Crippen LogP contribution in [0.4, 0.5) is 0 Å². The zero-order valence-corrected chi connectivity index (χ0v) is 11.2. The Morgan fingerprint density at radius 2 is 1.82 bits per heavy atom. The average Bonchev–Trinajstić information content (AvgIpc) is 2.18. The van der Waals surface area contributed by atoms with Crippen molar-refractivity contribution in [1.82, 2.24) is 4.31 Å². The van der Waals surface area contributed by atoms with E-state index in [1.54, 1.807) is 12.1 Å². The van der Waals surface area contributed by atoms with E-state index in [-0.39, 0.29) is 5.54 Å². The number of sulfonamides is 1. The first kappa shape index (κ1) is 12.5. The normalized spacial score (nSPS) is 20.0. The molecule has 0 aromatic heterocycles. The molecular weight excluding hydrogens is 236 g/mol. The molecule has 1 aromatic rings. The smallest absolute Gasteiger partial charge is 0.243 e. The van der Waals surface area contributed by atoms with Gasteiger partial charge in [-0.2, -0.15) is 4.31 Å². The van der Waals surface area contributed by atoms with Crippen LogP contribution in [-0.2, 0) is 10.0 Å². The molecule has 17 heavy (non-hydrogen) atoms. The van der Waals surface area contributed by atoms with Gasteiger partial charge in [-0.25, -0.2) is 8.42 Å². The van der Waals surface area contributed by atoms with E-state index in [9.17, 15) is 8.42 Å². The molecule has 0 aliphatic carbocycles. The maximum absolute atomic E-state index is 12.2. The van der Waals surface area contributed by atoms with Gasteiger partial charge in [0.2, 0.25) is 10.0 Å². The molecule has 4 nitrogen and oxygen atoms in total. The zero-order chi connectivity index (χ0) is 12.8. The van der Waals surface area contributed by atoms with Gasteiger partial charge in [0.25, 0.3) is 0 Å². The number of benzene rings is 1. The maximum atomic E-state index is 12.2. The molecule has 5 heteroatoms. The second kappa shape index (κ2) is 3.80. The van der Waals surface area contributed by atoms with Crippen LogP contribution in [0.1, 0.15) is 18.1 Å². The summed E-state index contributed by atoms with van der Waals surface area (Å²) < 4.78 is 25.9. The van der Waals surface area contributed by atoms with Crippen LogP contribution in [0, 0.1) is 13.8 Å². The second-order valence-corrected chi connectivity index (χ2v) is 7.11. The number of hydrogen-bond acceptors (Lipinski definition) is 3. The van der Waals surface area contributed by atoms with E-state index < -0.39 is 10.0 Å². The standard InChI is InChI=1S/C12H18N2O2S/c1-9-4-5-11(6-10(9)2)17(15,16)14-7-12(3,13)8-14/h4-6H,7-8,13H2,1-3H3. The summed E-state index contributed by atoms with van der Waals surface area (Å²) in [4.78, 5) is 0.358. The quantitative estimate of drug-likeness (QED) is 0.857. The summed E-state index contributed by atoms with van der Waals surface area (Å²) in [5.41, 5.74) is 7.53. The van der Waals surface area contributed by atoms with Crippen LogP contribution in [0.3, 0.4) is 0 Å². The van der Waals surface area contributed by atoms with E-state index in [1.165, 1.54) is 4.31 Å². The zero-order valence-electron chi connectivity index (χ0n) is 10.4. The average molecular weight is 254 g/mol. The lowest BCUT2D eigenvalue weighted by atomic mass is 9.97. The molecule has 1 heterocycles. The lowest BCUT2D eigenvalue weighted by Gasteiger charge is -2.44. The van der Waals surface area contributed by atoms with Crippen molar-refractivity contribution >= 4 is 10.0 Å². The fourth-order valence-electron chi connectivity index (χ4n) is 1.95. The van der Waals surface area contributed by atoms with Crippen molar-refractivity contribution in [3.05, 3.63) is 29.3 Å². The summed E-state index contributed by atoms with van der Waals surface area (Å²) in [5, 5.41) is 0. The van der Waals surface area contributed by atoms with Crippen LogP contribution in [-0.4, -0.2) is 31.4 Å². The van der Waals surface area contributed by atoms with Crippen molar-refractivity contribution in [2.45, 2.75) is 31.2 Å². The summed E-state index contributed by atoms with van der Waals surface area (Å²) in [6, 6.07) is 5.21. The van der Waals surface area contributed by atoms with E-state index in [2.05, 4.69) is 0 Å². The second-order valence-electron chi connectivity index (χ2n) is 5.17. The van der Waals surface area contributed by atoms with Crippen molar-refractivity contribution in [3.8, 4) is 0 Å². The summed E-state index contributed by atoms with van der Waals surface area (Å²) in [6.45, 7) is 6.52. The Hall–Kier alpha value is -0.910. The molecule has 0 radical (unpaired) electrons. The Kier molecular flexibility index (Phi) is 2.80. The SMILES string of the molecule is Cc1ccc(S(=O)(=O)N2CC(C)(N)C2)cc1C. The number of nitrogens with two attached hydrogens (primary N) is 1. The third kappa shape index (κ3) is 2.22. The highest BCUT2D eigenvalue weighted by Gasteiger charge is 2.42. The van der Waals surface area contributed by atoms with Gasteiger partial charge >= 0.3 is 0 Å². The number of aryl methyl sites for hydroxylation is 2. The summed E-state index contributed by atoms with van der Waals surface area (Å²) in [6.07, 6.45) is 0. The van der Waals surface area contributed by atoms with Crippen LogP contribution in [0.15, 0.2) is 23.1 Å². The highest BCUT2D eigenvalue weighted by atomic mass is 32.2. The molecule has 2 N–H and O–H groups in total. The lowest BCUT2D eigenvalue weighted by Crippen LogP contribution is -2.66. The Morgan fingerprint density at radius 1 is 1.24 bits per heavy atom. The molecule has 0 atom stereocenters. The summed E-state index contributed by atoms with van der Waals surface area (Å²) in [7, 11) is -3.36. The van der Waals surface area contributed by atoms with Gasteiger partial charge in [-0.15, -0.1) is 0 Å². The molecule has 1 aromatic carbocycles. The van der Waals surface area contributed by atoms with Crippen molar-refractivity contribution in [2.75, 3.05) is 13.1 Å². The van der Waals surface area contributed by atoms with Gasteiger partial charge in [-0.1, -0.05) is 6.07 Å². The van der Waals surface area contributed by atoms with E-state index in [4.69, 9.17) is 5.73 Å². The lowest BCUT2D eigenvalue weighted by molar-refractivity contribution is 0.176. The number of nitrogens with zero attached hydrogens (tertiary/aromatic N) is 1. The summed E-state index contributed by atoms with van der Waals surface area (Å²) in [5.74, 6) is 0. The molecule has 0 saturated carbocycles. The van der Waals surface area contributed by atoms with E-state index in [1.807, 2.05) is 26.8 Å². The molecular formula is C12H18N2O2S. The molecule has 0 spiro atoms. The van der Waals surface area contributed by atoms with Crippen LogP contribution in [0.2, 0.25) is 0 Å². The molecule has 1 aliphatic rings. The monoisotopic (exact) mass is 254 g/mol. The minimum atomic E-state index is -3.36. The van der Waals surface area contributed by atoms with Gasteiger partial charge in [0.05, 0.1) is 4.90 Å². The van der Waals surface area contributed by atoms with Crippen LogP contribution in [0.5, 0.6) is 0 Å². The van der Waals surface area contributed by atoms with Crippen molar-refractivity contribution < 1.29 is 8.42 Å². The first-order chi connectivity index (χ1) is 7.72. The topological polar surface area (TPSA) is 63.4 Å². The summed E-state index contributed by atoms with van der Waals surface area (Å²) >= 11 is 0. The van der Waals surface area contributed by atoms with E-state index in [0.717, 1.165) is 11.1 Å². The van der Waals surface area contributed by atoms with Crippen LogP contribution < -0.4 is 5.73 Å². The third-order valence-electron chi connectivity index (χ3n) is 3.19. The Labute approximate surface area is 102 Å². The minimum Gasteiger partial charge on any atom is -0.323 e. The third-order valence-corrected chi connectivity index (χ3v) is 4.98. The predicted molar refractivity (Wildman–Crippen MR) is 67.3 cm³/mol. The highest BCUT2D eigenvalue weighted by molar-refractivity contribution is 7.89. The van der Waals surface area contributed by atoms with E-state index in [0.29, 0.717) is 18.0 Å². The van der Waals surface area contributed by atoms with Gasteiger partial charge in [0, 0.05) is 18.6 Å². The Morgan fingerprint density at radius 3 is 2.29 bits per heavy atom. The maximum Gasteiger partial charge on any atom is 0.243 e. The molecule has 94 valence electrons. The molecule has 0 bridgehead atoms. The van der Waals surface area contributed by atoms with Crippen molar-refractivity contribution in [3.63, 3.8) is 0 Å². The van der Waals surface area contributed by atoms with E-state index >= 15 is 0 Å². The largest absolute Gasteiger partial charge is 0.323 e. The minimum absolute atomic E-state index is 0.358. The van der Waals surface area contributed by atoms with Gasteiger partial charge in [-0.05, 0) is 44.0 Å². The van der Waals surface area contributed by atoms with Gasteiger partial charge in [0.1, 0.15) is 0 Å². The molecule has 1 aliphatic heterocycles. The fourth-order valence-corrected chi connectivity index (χ4v) is 3.75. The molecule has 0 amide bonds. The first-order valence-electron chi connectivity index (χ1n) is 5.59. The Balaban J connectivity index is 2.30. The van der Waals surface area contributed by atoms with Gasteiger partial charge in [-0.3, -0.25) is 0 Å². The van der Waals surface area contributed by atoms with Gasteiger partial charge < -0.3 is 5.73 Å². The fraction of sp³-hybridized carbons (Fsp3) is 0.500. The molecule has 2 rings (SSSR count). The predicted octanol–water partition coefficient (Wildman–Crippen LogP) is 1.03. The molecule has 0 unspecified atom stereocenters. The Bertz CT molecular complexity index is 542.